The summed E-state index contributed by atoms with van der Waals surface area (Å²) < 4.78 is 0. The molecule has 0 unspecified atom stereocenters. The maximum Gasteiger partial charge on any atom is 0.115 e. The molecule has 4 nitrogen and oxygen atoms in total. The van der Waals surface area contributed by atoms with E-state index in [0.29, 0.717) is 11.5 Å². The van der Waals surface area contributed by atoms with Crippen molar-refractivity contribution in [3.8, 4) is 0 Å². The van der Waals surface area contributed by atoms with Gasteiger partial charge in [0.25, 0.3) is 0 Å². The van der Waals surface area contributed by atoms with Crippen molar-refractivity contribution in [3.05, 3.63) is 53.6 Å². The number of nitrogens with zero attached hydrogens (tertiary/aromatic N) is 2. The van der Waals surface area contributed by atoms with E-state index in [1.54, 1.807) is 6.20 Å². The van der Waals surface area contributed by atoms with Gasteiger partial charge in [-0.25, -0.2) is 9.97 Å². The van der Waals surface area contributed by atoms with Gasteiger partial charge in [-0.15, -0.1) is 0 Å². The minimum absolute atomic E-state index is 0.426. The average Bonchev–Trinajstić information content (AvgIpc) is 2.37. The van der Waals surface area contributed by atoms with Gasteiger partial charge in [-0.05, 0) is 36.8 Å². The topological polar surface area (TPSA) is 63.8 Å². The zero-order valence-corrected chi connectivity index (χ0v) is 10.9. The van der Waals surface area contributed by atoms with E-state index in [1.807, 2.05) is 31.2 Å². The molecule has 0 radical (unpaired) electrons. The van der Waals surface area contributed by atoms with Gasteiger partial charge in [0.15, 0.2) is 0 Å². The molecule has 0 atom stereocenters. The lowest BCUT2D eigenvalue weighted by atomic mass is 10.1. The molecular weight excluding hydrogens is 244 g/mol. The maximum atomic E-state index is 5.62. The van der Waals surface area contributed by atoms with Gasteiger partial charge in [-0.1, -0.05) is 12.2 Å². The van der Waals surface area contributed by atoms with Crippen molar-refractivity contribution >= 4 is 22.9 Å². The highest BCUT2D eigenvalue weighted by molar-refractivity contribution is 7.80. The molecule has 5 heteroatoms. The van der Waals surface area contributed by atoms with Gasteiger partial charge in [0.1, 0.15) is 11.3 Å². The highest BCUT2D eigenvalue weighted by Gasteiger charge is 2.02. The minimum Gasteiger partial charge on any atom is -0.389 e. The van der Waals surface area contributed by atoms with Crippen LogP contribution in [0.1, 0.15) is 16.8 Å². The van der Waals surface area contributed by atoms with E-state index >= 15 is 0 Å². The van der Waals surface area contributed by atoms with Crippen molar-refractivity contribution in [1.82, 2.24) is 9.97 Å². The Morgan fingerprint density at radius 3 is 2.83 bits per heavy atom. The molecular formula is C13H14N4S. The van der Waals surface area contributed by atoms with Gasteiger partial charge in [-0.3, -0.25) is 0 Å². The second-order valence-corrected chi connectivity index (χ2v) is 4.39. The standard InChI is InChI=1S/C13H14N4S/c1-9-6-10(2-3-12(9)13(14)18)16-7-11-4-5-15-8-17-11/h2-6,8,16H,7H2,1H3,(H2,14,18). The van der Waals surface area contributed by atoms with E-state index < -0.39 is 0 Å². The molecule has 0 fully saturated rings. The molecule has 1 heterocycles. The molecule has 2 aromatic rings. The summed E-state index contributed by atoms with van der Waals surface area (Å²) in [7, 11) is 0. The molecule has 2 rings (SSSR count). The van der Waals surface area contributed by atoms with Crippen LogP contribution in [0.3, 0.4) is 0 Å². The smallest absolute Gasteiger partial charge is 0.115 e. The Bertz CT molecular complexity index is 554. The molecule has 0 spiro atoms. The van der Waals surface area contributed by atoms with Crippen LogP contribution in [-0.4, -0.2) is 15.0 Å². The predicted molar refractivity (Wildman–Crippen MR) is 76.4 cm³/mol. The van der Waals surface area contributed by atoms with E-state index in [2.05, 4.69) is 15.3 Å². The molecule has 18 heavy (non-hydrogen) atoms. The Labute approximate surface area is 111 Å². The summed E-state index contributed by atoms with van der Waals surface area (Å²) in [6.45, 7) is 2.65. The quantitative estimate of drug-likeness (QED) is 0.822. The zero-order valence-electron chi connectivity index (χ0n) is 10.1. The predicted octanol–water partition coefficient (Wildman–Crippen LogP) is 2.03. The summed E-state index contributed by atoms with van der Waals surface area (Å²) in [4.78, 5) is 8.45. The summed E-state index contributed by atoms with van der Waals surface area (Å²) in [5.74, 6) is 0. The first-order chi connectivity index (χ1) is 8.66. The highest BCUT2D eigenvalue weighted by Crippen LogP contribution is 2.15. The molecule has 0 bridgehead atoms. The SMILES string of the molecule is Cc1cc(NCc2ccncn2)ccc1C(N)=S. The highest BCUT2D eigenvalue weighted by atomic mass is 32.1. The Hall–Kier alpha value is -2.01. The van der Waals surface area contributed by atoms with Crippen molar-refractivity contribution in [1.29, 1.82) is 0 Å². The maximum absolute atomic E-state index is 5.62. The molecule has 0 aliphatic heterocycles. The number of thiocarbonyl (C=S) groups is 1. The Morgan fingerprint density at radius 1 is 1.39 bits per heavy atom. The number of hydrogen-bond acceptors (Lipinski definition) is 4. The van der Waals surface area contributed by atoms with Crippen molar-refractivity contribution in [2.75, 3.05) is 5.32 Å². The summed E-state index contributed by atoms with van der Waals surface area (Å²) >= 11 is 4.97. The van der Waals surface area contributed by atoms with Gasteiger partial charge < -0.3 is 11.1 Å². The lowest BCUT2D eigenvalue weighted by Crippen LogP contribution is -2.11. The summed E-state index contributed by atoms with van der Waals surface area (Å²) in [5, 5.41) is 3.29. The van der Waals surface area contributed by atoms with Crippen molar-refractivity contribution in [2.24, 2.45) is 5.73 Å². The molecule has 0 aliphatic rings. The van der Waals surface area contributed by atoms with Gasteiger partial charge in [0, 0.05) is 17.4 Å². The van der Waals surface area contributed by atoms with Gasteiger partial charge in [0.05, 0.1) is 12.2 Å². The lowest BCUT2D eigenvalue weighted by Gasteiger charge is -2.09. The monoisotopic (exact) mass is 258 g/mol. The van der Waals surface area contributed by atoms with Crippen LogP contribution in [0.5, 0.6) is 0 Å². The molecule has 3 N–H and O–H groups in total. The number of benzene rings is 1. The molecule has 0 saturated heterocycles. The zero-order chi connectivity index (χ0) is 13.0. The number of anilines is 1. The minimum atomic E-state index is 0.426. The Kier molecular flexibility index (Phi) is 3.84. The largest absolute Gasteiger partial charge is 0.389 e. The Morgan fingerprint density at radius 2 is 2.22 bits per heavy atom. The van der Waals surface area contributed by atoms with E-state index in [-0.39, 0.29) is 0 Å². The third-order valence-electron chi connectivity index (χ3n) is 2.61. The van der Waals surface area contributed by atoms with E-state index in [0.717, 1.165) is 22.5 Å². The fourth-order valence-corrected chi connectivity index (χ4v) is 1.89. The van der Waals surface area contributed by atoms with Crippen LogP contribution in [0.25, 0.3) is 0 Å². The van der Waals surface area contributed by atoms with E-state index in [9.17, 15) is 0 Å². The normalized spacial score (nSPS) is 10.1. The summed E-state index contributed by atoms with van der Waals surface area (Å²) in [5.41, 5.74) is 9.57. The molecule has 0 amide bonds. The number of nitrogens with two attached hydrogens (primary N) is 1. The number of hydrogen-bond donors (Lipinski definition) is 2. The fraction of sp³-hybridized carbons (Fsp3) is 0.154. The number of rotatable bonds is 4. The van der Waals surface area contributed by atoms with E-state index in [4.69, 9.17) is 18.0 Å². The second kappa shape index (κ2) is 5.55. The van der Waals surface area contributed by atoms with Gasteiger partial charge in [0.2, 0.25) is 0 Å². The first-order valence-corrected chi connectivity index (χ1v) is 5.97. The van der Waals surface area contributed by atoms with Gasteiger partial charge >= 0.3 is 0 Å². The molecule has 0 aliphatic carbocycles. The average molecular weight is 258 g/mol. The molecule has 1 aromatic heterocycles. The summed E-state index contributed by atoms with van der Waals surface area (Å²) in [6.07, 6.45) is 3.27. The molecule has 1 aromatic carbocycles. The van der Waals surface area contributed by atoms with Crippen LogP contribution >= 0.6 is 12.2 Å². The van der Waals surface area contributed by atoms with Crippen LogP contribution in [-0.2, 0) is 6.54 Å². The molecule has 0 saturated carbocycles. The number of aryl methyl sites for hydroxylation is 1. The van der Waals surface area contributed by atoms with E-state index in [1.165, 1.54) is 6.33 Å². The summed E-state index contributed by atoms with van der Waals surface area (Å²) in [6, 6.07) is 7.79. The van der Waals surface area contributed by atoms with Crippen LogP contribution < -0.4 is 11.1 Å². The first-order valence-electron chi connectivity index (χ1n) is 5.56. The lowest BCUT2D eigenvalue weighted by molar-refractivity contribution is 1.01. The molecule has 92 valence electrons. The Balaban J connectivity index is 2.07. The van der Waals surface area contributed by atoms with Crippen molar-refractivity contribution in [2.45, 2.75) is 13.5 Å². The van der Waals surface area contributed by atoms with Crippen LogP contribution in [0.15, 0.2) is 36.8 Å². The first kappa shape index (κ1) is 12.4. The third-order valence-corrected chi connectivity index (χ3v) is 2.83. The third kappa shape index (κ3) is 3.01. The van der Waals surface area contributed by atoms with Crippen LogP contribution in [0.4, 0.5) is 5.69 Å². The fourth-order valence-electron chi connectivity index (χ4n) is 1.67. The van der Waals surface area contributed by atoms with Gasteiger partial charge in [-0.2, -0.15) is 0 Å². The van der Waals surface area contributed by atoms with Crippen molar-refractivity contribution < 1.29 is 0 Å². The second-order valence-electron chi connectivity index (χ2n) is 3.95. The van der Waals surface area contributed by atoms with Crippen LogP contribution in [0.2, 0.25) is 0 Å². The van der Waals surface area contributed by atoms with Crippen molar-refractivity contribution in [3.63, 3.8) is 0 Å². The number of nitrogens with one attached hydrogen (secondary N) is 1. The number of aromatic nitrogens is 2. The van der Waals surface area contributed by atoms with Crippen LogP contribution in [0, 0.1) is 6.92 Å².